The second-order valence-corrected chi connectivity index (χ2v) is 11.5. The average Bonchev–Trinajstić information content (AvgIpc) is 4.03. The topological polar surface area (TPSA) is 214 Å². The number of hydrogen-bond acceptors (Lipinski definition) is 15. The number of nitro groups is 1. The summed E-state index contributed by atoms with van der Waals surface area (Å²) in [6.45, 7) is 1.08. The number of hydrogen-bond donors (Lipinski definition) is 0. The molecule has 0 saturated heterocycles. The Morgan fingerprint density at radius 1 is 0.561 bits per heavy atom. The van der Waals surface area contributed by atoms with Crippen LogP contribution < -0.4 is 4.74 Å². The third-order valence-corrected chi connectivity index (χ3v) is 7.69. The molecule has 0 unspecified atom stereocenters. The lowest BCUT2D eigenvalue weighted by Gasteiger charge is -2.09. The Morgan fingerprint density at radius 2 is 1.02 bits per heavy atom. The molecule has 0 spiro atoms. The summed E-state index contributed by atoms with van der Waals surface area (Å²) in [6, 6.07) is 30.3. The van der Waals surface area contributed by atoms with Crippen LogP contribution in [0, 0.1) is 10.1 Å². The summed E-state index contributed by atoms with van der Waals surface area (Å²) < 4.78 is 40.9. The first-order chi connectivity index (χ1) is 27.6. The van der Waals surface area contributed by atoms with Gasteiger partial charge in [0.2, 0.25) is 11.5 Å². The van der Waals surface area contributed by atoms with Crippen molar-refractivity contribution >= 4 is 36.0 Å². The van der Waals surface area contributed by atoms with E-state index in [2.05, 4.69) is 4.74 Å². The number of nitro benzene ring substituents is 1. The van der Waals surface area contributed by atoms with Crippen molar-refractivity contribution < 1.29 is 65.8 Å². The molecule has 3 heterocycles. The molecule has 57 heavy (non-hydrogen) atoms. The third kappa shape index (κ3) is 11.6. The molecule has 16 nitrogen and oxygen atoms in total. The number of rotatable bonds is 16. The zero-order chi connectivity index (χ0) is 40.6. The van der Waals surface area contributed by atoms with Gasteiger partial charge in [0.05, 0.1) is 27.2 Å². The monoisotopic (exact) mass is 779 g/mol. The van der Waals surface area contributed by atoms with Gasteiger partial charge in [-0.2, -0.15) is 0 Å². The fourth-order valence-corrected chi connectivity index (χ4v) is 4.92. The van der Waals surface area contributed by atoms with Gasteiger partial charge in [-0.1, -0.05) is 49.4 Å². The van der Waals surface area contributed by atoms with Crippen LogP contribution in [0.1, 0.15) is 77.2 Å². The minimum atomic E-state index is -0.869. The summed E-state index contributed by atoms with van der Waals surface area (Å²) in [4.78, 5) is 69.6. The smallest absolute Gasteiger partial charge is 0.374 e. The Bertz CT molecular complexity index is 2300. The zero-order valence-electron chi connectivity index (χ0n) is 30.2. The van der Waals surface area contributed by atoms with Gasteiger partial charge in [0.1, 0.15) is 43.7 Å². The van der Waals surface area contributed by atoms with Gasteiger partial charge in [-0.05, 0) is 66.7 Å². The summed E-state index contributed by atoms with van der Waals surface area (Å²) in [5.74, 6) is -1.52. The second-order valence-electron chi connectivity index (χ2n) is 11.5. The highest BCUT2D eigenvalue weighted by molar-refractivity contribution is 5.90. The molecule has 0 saturated carbocycles. The van der Waals surface area contributed by atoms with E-state index in [1.54, 1.807) is 66.7 Å². The minimum absolute atomic E-state index is 0.00719. The SMILES string of the molecule is CCc1ccc(C(=O)OCc2cccc(COC(=O)c3ccc(COC(=O)c4ccccc4)o3)c2[N+](=O)[O-])o1.O=COc1ccc(COC(=O)c2ccccc2)o1. The summed E-state index contributed by atoms with van der Waals surface area (Å²) in [5.41, 5.74) is 0.698. The molecule has 0 atom stereocenters. The van der Waals surface area contributed by atoms with Crippen molar-refractivity contribution in [2.45, 2.75) is 39.8 Å². The number of esters is 4. The van der Waals surface area contributed by atoms with Crippen LogP contribution in [-0.2, 0) is 56.6 Å². The largest absolute Gasteiger partial charge is 0.455 e. The van der Waals surface area contributed by atoms with Crippen molar-refractivity contribution in [3.63, 3.8) is 0 Å². The van der Waals surface area contributed by atoms with E-state index in [9.17, 15) is 34.1 Å². The third-order valence-electron chi connectivity index (χ3n) is 7.69. The van der Waals surface area contributed by atoms with Crippen molar-refractivity contribution in [2.24, 2.45) is 0 Å². The van der Waals surface area contributed by atoms with Gasteiger partial charge >= 0.3 is 30.3 Å². The van der Waals surface area contributed by atoms with Crippen LogP contribution >= 0.6 is 0 Å². The van der Waals surface area contributed by atoms with Gasteiger partial charge in [0.15, 0.2) is 0 Å². The van der Waals surface area contributed by atoms with Gasteiger partial charge in [-0.3, -0.25) is 14.9 Å². The molecule has 6 rings (SSSR count). The molecule has 6 aromatic rings. The molecule has 0 aliphatic rings. The van der Waals surface area contributed by atoms with Crippen molar-refractivity contribution in [1.29, 1.82) is 0 Å². The standard InChI is InChI=1S/C28H23NO10.C13H10O5/c1-2-21-11-13-23(38-21)27(31)35-15-19-9-6-10-20(25(19)29(33)34)16-36-28(32)24-14-12-22(39-24)17-37-26(30)18-7-4-3-5-8-18;14-9-17-12-7-6-11(18-12)8-16-13(15)10-4-2-1-3-5-10/h3-14H,2,15-17H2,1H3;1-7,9H,8H2. The Morgan fingerprint density at radius 3 is 1.49 bits per heavy atom. The van der Waals surface area contributed by atoms with E-state index in [0.29, 0.717) is 29.1 Å². The number of furan rings is 3. The molecular formula is C41H33NO15. The average molecular weight is 780 g/mol. The van der Waals surface area contributed by atoms with E-state index in [1.165, 1.54) is 42.5 Å². The van der Waals surface area contributed by atoms with E-state index < -0.39 is 35.4 Å². The number of nitrogens with zero attached hydrogens (tertiary/aromatic N) is 1. The van der Waals surface area contributed by atoms with Gasteiger partial charge in [0.25, 0.3) is 11.6 Å². The number of carbonyl (C=O) groups excluding carboxylic acids is 5. The lowest BCUT2D eigenvalue weighted by molar-refractivity contribution is -0.386. The van der Waals surface area contributed by atoms with E-state index in [4.69, 9.17) is 32.2 Å². The molecule has 0 radical (unpaired) electrons. The summed E-state index contributed by atoms with van der Waals surface area (Å²) >= 11 is 0. The maximum absolute atomic E-state index is 12.5. The predicted octanol–water partition coefficient (Wildman–Crippen LogP) is 7.59. The van der Waals surface area contributed by atoms with Crippen molar-refractivity contribution in [1.82, 2.24) is 0 Å². The zero-order valence-corrected chi connectivity index (χ0v) is 30.2. The van der Waals surface area contributed by atoms with Crippen LogP contribution in [0.25, 0.3) is 0 Å². The molecule has 0 aliphatic carbocycles. The molecule has 0 amide bonds. The fourth-order valence-electron chi connectivity index (χ4n) is 4.92. The van der Waals surface area contributed by atoms with Crippen LogP contribution in [0.2, 0.25) is 0 Å². The predicted molar refractivity (Wildman–Crippen MR) is 195 cm³/mol. The maximum Gasteiger partial charge on any atom is 0.374 e. The number of aryl methyl sites for hydroxylation is 1. The summed E-state index contributed by atoms with van der Waals surface area (Å²) in [7, 11) is 0. The quantitative estimate of drug-likeness (QED) is 0.0304. The first kappa shape index (κ1) is 40.4. The molecule has 3 aromatic heterocycles. The molecular weight excluding hydrogens is 746 g/mol. The Balaban J connectivity index is 0.000000287. The van der Waals surface area contributed by atoms with E-state index in [1.807, 2.05) is 13.0 Å². The Kier molecular flexibility index (Phi) is 14.2. The first-order valence-corrected chi connectivity index (χ1v) is 17.0. The van der Waals surface area contributed by atoms with Gasteiger partial charge in [0, 0.05) is 12.5 Å². The number of benzene rings is 3. The molecule has 0 aliphatic heterocycles. The lowest BCUT2D eigenvalue weighted by atomic mass is 10.1. The summed E-state index contributed by atoms with van der Waals surface area (Å²) in [6.07, 6.45) is 0.598. The van der Waals surface area contributed by atoms with Crippen molar-refractivity contribution in [3.8, 4) is 5.95 Å². The highest BCUT2D eigenvalue weighted by Gasteiger charge is 2.24. The second kappa shape index (κ2) is 20.1. The molecule has 16 heteroatoms. The first-order valence-electron chi connectivity index (χ1n) is 17.0. The van der Waals surface area contributed by atoms with Crippen LogP contribution in [-0.4, -0.2) is 35.3 Å². The minimum Gasteiger partial charge on any atom is -0.455 e. The van der Waals surface area contributed by atoms with Crippen LogP contribution in [0.5, 0.6) is 5.95 Å². The maximum atomic E-state index is 12.5. The summed E-state index contributed by atoms with van der Waals surface area (Å²) in [5, 5.41) is 11.8. The van der Waals surface area contributed by atoms with Gasteiger partial charge in [-0.25, -0.2) is 19.2 Å². The van der Waals surface area contributed by atoms with E-state index >= 15 is 0 Å². The molecule has 3 aromatic carbocycles. The molecule has 0 N–H and O–H groups in total. The normalized spacial score (nSPS) is 10.3. The van der Waals surface area contributed by atoms with Gasteiger partial charge < -0.3 is 36.9 Å². The number of para-hydroxylation sites is 1. The fraction of sp³-hybridized carbons (Fsp3) is 0.146. The number of ether oxygens (including phenoxy) is 5. The van der Waals surface area contributed by atoms with Gasteiger partial charge in [-0.15, -0.1) is 0 Å². The van der Waals surface area contributed by atoms with Crippen molar-refractivity contribution in [2.75, 3.05) is 0 Å². The van der Waals surface area contributed by atoms with E-state index in [-0.39, 0.29) is 66.3 Å². The van der Waals surface area contributed by atoms with Crippen LogP contribution in [0.3, 0.4) is 0 Å². The Labute approximate surface area is 323 Å². The van der Waals surface area contributed by atoms with Crippen LogP contribution in [0.15, 0.2) is 129 Å². The highest BCUT2D eigenvalue weighted by Crippen LogP contribution is 2.27. The molecule has 0 bridgehead atoms. The lowest BCUT2D eigenvalue weighted by Crippen LogP contribution is -2.09. The van der Waals surface area contributed by atoms with Crippen molar-refractivity contribution in [3.05, 3.63) is 176 Å². The Hall–Kier alpha value is -7.75. The van der Waals surface area contributed by atoms with E-state index in [0.717, 1.165) is 0 Å². The highest BCUT2D eigenvalue weighted by atomic mass is 16.6. The molecule has 0 fully saturated rings. The molecule has 292 valence electrons. The van der Waals surface area contributed by atoms with Crippen LogP contribution in [0.4, 0.5) is 5.69 Å². The number of carbonyl (C=O) groups is 5.